The molecule has 0 aromatic heterocycles. The van der Waals surface area contributed by atoms with Gasteiger partial charge in [-0.2, -0.15) is 0 Å². The topological polar surface area (TPSA) is 139 Å². The fourth-order valence-corrected chi connectivity index (χ4v) is 4.92. The number of non-ortho nitro benzene ring substituents is 1. The monoisotopic (exact) mass is 588 g/mol. The van der Waals surface area contributed by atoms with Crippen LogP contribution < -0.4 is 14.4 Å². The van der Waals surface area contributed by atoms with Gasteiger partial charge in [0.25, 0.3) is 5.69 Å². The summed E-state index contributed by atoms with van der Waals surface area (Å²) in [6.45, 7) is 2.90. The number of anilines is 1. The lowest BCUT2D eigenvalue weighted by molar-refractivity contribution is -0.384. The molecular weight excluding hydrogens is 559 g/mol. The Morgan fingerprint density at radius 1 is 1.18 bits per heavy atom. The third-order valence-electron chi connectivity index (χ3n) is 5.71. The number of methoxy groups -OCH3 is 1. The fraction of sp³-hybridized carbons (Fsp3) is 0.417. The molecule has 2 aromatic carbocycles. The molecule has 2 amide bonds. The number of nitrogens with one attached hydrogen (secondary N) is 1. The van der Waals surface area contributed by atoms with Crippen LogP contribution in [0.25, 0.3) is 0 Å². The number of ether oxygens (including phenoxy) is 1. The summed E-state index contributed by atoms with van der Waals surface area (Å²) < 4.78 is 31.5. The number of carbonyl (C=O) groups excluding carboxylic acids is 2. The fourth-order valence-electron chi connectivity index (χ4n) is 3.55. The van der Waals surface area contributed by atoms with Gasteiger partial charge in [-0.3, -0.25) is 24.0 Å². The SMILES string of the molecule is CCCCNC(=O)[C@@H](C)N(Cc1c(Cl)cccc1Cl)C(=O)CN(c1cc([N+](=O)[O-])ccc1OC)S(C)(=O)=O. The summed E-state index contributed by atoms with van der Waals surface area (Å²) in [5.41, 5.74) is -0.227. The van der Waals surface area contributed by atoms with Crippen molar-refractivity contribution in [2.24, 2.45) is 0 Å². The Hall–Kier alpha value is -3.09. The van der Waals surface area contributed by atoms with Crippen LogP contribution in [0.1, 0.15) is 32.3 Å². The van der Waals surface area contributed by atoms with Crippen molar-refractivity contribution in [3.8, 4) is 5.75 Å². The highest BCUT2D eigenvalue weighted by molar-refractivity contribution is 7.92. The van der Waals surface area contributed by atoms with E-state index in [0.717, 1.165) is 36.1 Å². The van der Waals surface area contributed by atoms with Gasteiger partial charge in [-0.25, -0.2) is 8.42 Å². The molecule has 0 unspecified atom stereocenters. The molecule has 0 saturated heterocycles. The molecule has 0 spiro atoms. The maximum absolute atomic E-state index is 13.7. The minimum atomic E-state index is -4.14. The highest BCUT2D eigenvalue weighted by Crippen LogP contribution is 2.34. The van der Waals surface area contributed by atoms with Gasteiger partial charge in [-0.15, -0.1) is 0 Å². The van der Waals surface area contributed by atoms with Crippen molar-refractivity contribution >= 4 is 56.4 Å². The number of hydrogen-bond acceptors (Lipinski definition) is 7. The Balaban J connectivity index is 2.53. The number of halogens is 2. The Kier molecular flexibility index (Phi) is 11.2. The number of sulfonamides is 1. The lowest BCUT2D eigenvalue weighted by Crippen LogP contribution is -2.51. The summed E-state index contributed by atoms with van der Waals surface area (Å²) in [7, 11) is -2.88. The Morgan fingerprint density at radius 3 is 2.34 bits per heavy atom. The average Bonchev–Trinajstić information content (AvgIpc) is 2.85. The molecule has 38 heavy (non-hydrogen) atoms. The molecule has 0 bridgehead atoms. The predicted molar refractivity (Wildman–Crippen MR) is 146 cm³/mol. The van der Waals surface area contributed by atoms with Gasteiger partial charge in [-0.1, -0.05) is 42.6 Å². The second kappa shape index (κ2) is 13.6. The Morgan fingerprint density at radius 2 is 1.82 bits per heavy atom. The lowest BCUT2D eigenvalue weighted by atomic mass is 10.1. The second-order valence-electron chi connectivity index (χ2n) is 8.43. The summed E-state index contributed by atoms with van der Waals surface area (Å²) in [6, 6.07) is 7.15. The maximum atomic E-state index is 13.7. The number of hydrogen-bond donors (Lipinski definition) is 1. The summed E-state index contributed by atoms with van der Waals surface area (Å²) in [5.74, 6) is -1.22. The van der Waals surface area contributed by atoms with Gasteiger partial charge in [-0.05, 0) is 31.5 Å². The third kappa shape index (κ3) is 7.95. The molecule has 0 aliphatic carbocycles. The van der Waals surface area contributed by atoms with Crippen LogP contribution in [0.15, 0.2) is 36.4 Å². The largest absolute Gasteiger partial charge is 0.495 e. The Labute approximate surface area is 231 Å². The van der Waals surface area contributed by atoms with Crippen molar-refractivity contribution in [1.29, 1.82) is 0 Å². The normalized spacial score (nSPS) is 11.9. The van der Waals surface area contributed by atoms with E-state index in [2.05, 4.69) is 5.32 Å². The zero-order valence-corrected chi connectivity index (χ0v) is 23.8. The average molecular weight is 589 g/mol. The van der Waals surface area contributed by atoms with Crippen molar-refractivity contribution < 1.29 is 27.7 Å². The van der Waals surface area contributed by atoms with Gasteiger partial charge in [0.1, 0.15) is 24.0 Å². The zero-order valence-electron chi connectivity index (χ0n) is 21.4. The van der Waals surface area contributed by atoms with E-state index >= 15 is 0 Å². The van der Waals surface area contributed by atoms with Crippen LogP contribution in [0.5, 0.6) is 5.75 Å². The van der Waals surface area contributed by atoms with E-state index in [4.69, 9.17) is 27.9 Å². The first kappa shape index (κ1) is 31.1. The number of rotatable bonds is 13. The minimum Gasteiger partial charge on any atom is -0.495 e. The molecule has 1 atom stereocenters. The van der Waals surface area contributed by atoms with Crippen LogP contribution in [-0.2, 0) is 26.2 Å². The second-order valence-corrected chi connectivity index (χ2v) is 11.1. The van der Waals surface area contributed by atoms with Crippen molar-refractivity contribution in [2.45, 2.75) is 39.3 Å². The predicted octanol–water partition coefficient (Wildman–Crippen LogP) is 4.01. The van der Waals surface area contributed by atoms with Crippen LogP contribution in [0.3, 0.4) is 0 Å². The molecular formula is C24H30Cl2N4O7S. The van der Waals surface area contributed by atoms with Gasteiger partial charge in [0, 0.05) is 40.8 Å². The number of nitrogens with zero attached hydrogens (tertiary/aromatic N) is 3. The first-order valence-corrected chi connectivity index (χ1v) is 14.2. The first-order chi connectivity index (χ1) is 17.8. The molecule has 11 nitrogen and oxygen atoms in total. The van der Waals surface area contributed by atoms with Gasteiger partial charge in [0.2, 0.25) is 21.8 Å². The van der Waals surface area contributed by atoms with Crippen LogP contribution in [0.4, 0.5) is 11.4 Å². The van der Waals surface area contributed by atoms with Crippen molar-refractivity contribution in [3.05, 3.63) is 62.1 Å². The molecule has 2 rings (SSSR count). The van der Waals surface area contributed by atoms with E-state index in [1.165, 1.54) is 20.1 Å². The molecule has 208 valence electrons. The summed E-state index contributed by atoms with van der Waals surface area (Å²) in [4.78, 5) is 38.4. The smallest absolute Gasteiger partial charge is 0.271 e. The lowest BCUT2D eigenvalue weighted by Gasteiger charge is -2.32. The zero-order chi connectivity index (χ0) is 28.6. The Bertz CT molecular complexity index is 1270. The van der Waals surface area contributed by atoms with Crippen LogP contribution in [0.2, 0.25) is 10.0 Å². The van der Waals surface area contributed by atoms with E-state index in [1.807, 2.05) is 6.92 Å². The molecule has 0 fully saturated rings. The van der Waals surface area contributed by atoms with Crippen LogP contribution >= 0.6 is 23.2 Å². The standard InChI is InChI=1S/C24H30Cl2N4O7S/c1-5-6-12-27-24(32)16(2)28(14-18-19(25)8-7-9-20(18)26)23(31)15-29(38(4,35)36)21-13-17(30(33)34)10-11-22(21)37-3/h7-11,13,16H,5-6,12,14-15H2,1-4H3,(H,27,32)/t16-/m1/s1. The van der Waals surface area contributed by atoms with E-state index in [-0.39, 0.29) is 28.0 Å². The maximum Gasteiger partial charge on any atom is 0.271 e. The van der Waals surface area contributed by atoms with E-state index in [1.54, 1.807) is 18.2 Å². The van der Waals surface area contributed by atoms with E-state index < -0.39 is 45.0 Å². The van der Waals surface area contributed by atoms with Gasteiger partial charge in [0.15, 0.2) is 0 Å². The first-order valence-electron chi connectivity index (χ1n) is 11.6. The summed E-state index contributed by atoms with van der Waals surface area (Å²) >= 11 is 12.6. The molecule has 0 aliphatic heterocycles. The van der Waals surface area contributed by atoms with E-state index in [9.17, 15) is 28.1 Å². The van der Waals surface area contributed by atoms with Gasteiger partial charge >= 0.3 is 0 Å². The van der Waals surface area contributed by atoms with E-state index in [0.29, 0.717) is 16.4 Å². The number of nitro benzene ring substituents is 1. The molecule has 0 aliphatic rings. The van der Waals surface area contributed by atoms with Crippen LogP contribution in [0, 0.1) is 10.1 Å². The highest BCUT2D eigenvalue weighted by Gasteiger charge is 2.32. The third-order valence-corrected chi connectivity index (χ3v) is 7.54. The molecule has 2 aromatic rings. The summed E-state index contributed by atoms with van der Waals surface area (Å²) in [6.07, 6.45) is 2.44. The summed E-state index contributed by atoms with van der Waals surface area (Å²) in [5, 5.41) is 14.6. The quantitative estimate of drug-likeness (QED) is 0.212. The molecule has 0 saturated carbocycles. The minimum absolute atomic E-state index is 0.000111. The molecule has 14 heteroatoms. The van der Waals surface area contributed by atoms with Crippen molar-refractivity contribution in [2.75, 3.05) is 30.8 Å². The number of carbonyl (C=O) groups is 2. The van der Waals surface area contributed by atoms with Crippen molar-refractivity contribution in [1.82, 2.24) is 10.2 Å². The number of nitro groups is 1. The number of amides is 2. The molecule has 1 N–H and O–H groups in total. The molecule has 0 heterocycles. The number of benzene rings is 2. The number of unbranched alkanes of at least 4 members (excludes halogenated alkanes) is 1. The van der Waals surface area contributed by atoms with Gasteiger partial charge in [0.05, 0.1) is 18.3 Å². The molecule has 0 radical (unpaired) electrons. The van der Waals surface area contributed by atoms with Crippen molar-refractivity contribution in [3.63, 3.8) is 0 Å². The van der Waals surface area contributed by atoms with Gasteiger partial charge < -0.3 is 15.0 Å². The van der Waals surface area contributed by atoms with Crippen LogP contribution in [-0.4, -0.2) is 62.6 Å². The highest BCUT2D eigenvalue weighted by atomic mass is 35.5.